The highest BCUT2D eigenvalue weighted by molar-refractivity contribution is 5.88. The summed E-state index contributed by atoms with van der Waals surface area (Å²) in [5.74, 6) is 0.732. The molecule has 2 aliphatic heterocycles. The van der Waals surface area contributed by atoms with Gasteiger partial charge in [-0.2, -0.15) is 0 Å². The molecule has 0 radical (unpaired) electrons. The molecule has 3 heterocycles. The molecular formula is C16H21N3O3. The van der Waals surface area contributed by atoms with Crippen LogP contribution in [0.1, 0.15) is 32.1 Å². The van der Waals surface area contributed by atoms with Crippen molar-refractivity contribution in [3.8, 4) is 5.75 Å². The summed E-state index contributed by atoms with van der Waals surface area (Å²) < 4.78 is 5.85. The maximum atomic E-state index is 12.5. The van der Waals surface area contributed by atoms with Crippen molar-refractivity contribution in [3.63, 3.8) is 0 Å². The van der Waals surface area contributed by atoms with Crippen LogP contribution < -0.4 is 10.1 Å². The number of nitrogens with zero attached hydrogens (tertiary/aromatic N) is 2. The summed E-state index contributed by atoms with van der Waals surface area (Å²) in [6.45, 7) is 1.25. The number of rotatable bonds is 3. The molecule has 2 aliphatic rings. The molecule has 0 spiro atoms. The van der Waals surface area contributed by atoms with Gasteiger partial charge in [-0.3, -0.25) is 14.6 Å². The molecule has 3 rings (SSSR count). The van der Waals surface area contributed by atoms with Crippen LogP contribution in [0, 0.1) is 0 Å². The molecule has 0 bridgehead atoms. The Labute approximate surface area is 129 Å². The Morgan fingerprint density at radius 1 is 1.36 bits per heavy atom. The smallest absolute Gasteiger partial charge is 0.245 e. The molecule has 22 heavy (non-hydrogen) atoms. The number of aromatic nitrogens is 1. The highest BCUT2D eigenvalue weighted by atomic mass is 16.5. The lowest BCUT2D eigenvalue weighted by Crippen LogP contribution is -2.47. The van der Waals surface area contributed by atoms with Gasteiger partial charge in [0.05, 0.1) is 12.7 Å². The maximum Gasteiger partial charge on any atom is 0.245 e. The van der Waals surface area contributed by atoms with Crippen molar-refractivity contribution in [2.45, 2.75) is 44.2 Å². The highest BCUT2D eigenvalue weighted by Crippen LogP contribution is 2.19. The third-order valence-corrected chi connectivity index (χ3v) is 4.17. The fraction of sp³-hybridized carbons (Fsp3) is 0.562. The van der Waals surface area contributed by atoms with Gasteiger partial charge in [0.2, 0.25) is 11.8 Å². The summed E-state index contributed by atoms with van der Waals surface area (Å²) >= 11 is 0. The van der Waals surface area contributed by atoms with E-state index in [1.807, 2.05) is 12.1 Å². The second-order valence-electron chi connectivity index (χ2n) is 5.87. The number of carbonyl (C=O) groups is 2. The normalized spacial score (nSPS) is 25.5. The first kappa shape index (κ1) is 14.8. The molecular weight excluding hydrogens is 282 g/mol. The van der Waals surface area contributed by atoms with Crippen molar-refractivity contribution in [1.29, 1.82) is 0 Å². The van der Waals surface area contributed by atoms with Crippen LogP contribution in [0.4, 0.5) is 0 Å². The fourth-order valence-corrected chi connectivity index (χ4v) is 3.01. The summed E-state index contributed by atoms with van der Waals surface area (Å²) in [6, 6.07) is 3.32. The van der Waals surface area contributed by atoms with E-state index in [-0.39, 0.29) is 24.0 Å². The maximum absolute atomic E-state index is 12.5. The number of amides is 2. The van der Waals surface area contributed by atoms with Crippen LogP contribution in [0.5, 0.6) is 5.75 Å². The van der Waals surface area contributed by atoms with E-state index in [4.69, 9.17) is 4.74 Å². The summed E-state index contributed by atoms with van der Waals surface area (Å²) in [5, 5.41) is 2.84. The Morgan fingerprint density at radius 3 is 3.09 bits per heavy atom. The van der Waals surface area contributed by atoms with Gasteiger partial charge in [-0.05, 0) is 25.0 Å². The largest absolute Gasteiger partial charge is 0.487 e. The molecule has 0 aliphatic carbocycles. The molecule has 1 aromatic rings. The number of hydrogen-bond donors (Lipinski definition) is 1. The third-order valence-electron chi connectivity index (χ3n) is 4.17. The van der Waals surface area contributed by atoms with E-state index in [1.54, 1.807) is 17.3 Å². The quantitative estimate of drug-likeness (QED) is 0.908. The van der Waals surface area contributed by atoms with E-state index in [0.29, 0.717) is 19.5 Å². The third kappa shape index (κ3) is 3.55. The summed E-state index contributed by atoms with van der Waals surface area (Å²) in [7, 11) is 0. The van der Waals surface area contributed by atoms with E-state index in [0.717, 1.165) is 31.4 Å². The minimum atomic E-state index is -0.368. The van der Waals surface area contributed by atoms with Gasteiger partial charge in [-0.15, -0.1) is 0 Å². The second kappa shape index (κ2) is 6.77. The van der Waals surface area contributed by atoms with Crippen LogP contribution in [0.2, 0.25) is 0 Å². The molecule has 6 heteroatoms. The first-order valence-electron chi connectivity index (χ1n) is 7.87. The van der Waals surface area contributed by atoms with E-state index < -0.39 is 0 Å². The summed E-state index contributed by atoms with van der Waals surface area (Å²) in [5.41, 5.74) is 0. The number of ether oxygens (including phenoxy) is 1. The van der Waals surface area contributed by atoms with Gasteiger partial charge in [0, 0.05) is 25.6 Å². The standard InChI is InChI=1S/C16H21N3O3/c20-15-6-2-1-5-14(18-15)16(21)19-9-7-13(11-19)22-12-4-3-8-17-10-12/h3-4,8,10,13-14H,1-2,5-7,9,11H2,(H,18,20). The monoisotopic (exact) mass is 303 g/mol. The molecule has 118 valence electrons. The van der Waals surface area contributed by atoms with Gasteiger partial charge in [-0.25, -0.2) is 0 Å². The molecule has 2 fully saturated rings. The van der Waals surface area contributed by atoms with Crippen LogP contribution in [-0.2, 0) is 9.59 Å². The SMILES string of the molecule is O=C1CCCCC(C(=O)N2CCC(Oc3cccnc3)C2)N1. The molecule has 2 saturated heterocycles. The zero-order valence-corrected chi connectivity index (χ0v) is 12.5. The number of nitrogens with one attached hydrogen (secondary N) is 1. The molecule has 0 aromatic carbocycles. The van der Waals surface area contributed by atoms with Gasteiger partial charge in [-0.1, -0.05) is 6.42 Å². The first-order valence-corrected chi connectivity index (χ1v) is 7.87. The fourth-order valence-electron chi connectivity index (χ4n) is 3.01. The lowest BCUT2D eigenvalue weighted by atomic mass is 10.1. The van der Waals surface area contributed by atoms with Gasteiger partial charge in [0.1, 0.15) is 17.9 Å². The highest BCUT2D eigenvalue weighted by Gasteiger charge is 2.33. The van der Waals surface area contributed by atoms with Crippen LogP contribution in [-0.4, -0.2) is 46.9 Å². The van der Waals surface area contributed by atoms with Crippen molar-refractivity contribution in [1.82, 2.24) is 15.2 Å². The lowest BCUT2D eigenvalue weighted by molar-refractivity contribution is -0.135. The molecule has 6 nitrogen and oxygen atoms in total. The minimum Gasteiger partial charge on any atom is -0.487 e. The van der Waals surface area contributed by atoms with Crippen LogP contribution in [0.15, 0.2) is 24.5 Å². The number of pyridine rings is 1. The predicted molar refractivity (Wildman–Crippen MR) is 80.2 cm³/mol. The Bertz CT molecular complexity index is 535. The predicted octanol–water partition coefficient (Wildman–Crippen LogP) is 1.12. The molecule has 0 saturated carbocycles. The molecule has 2 unspecified atom stereocenters. The Morgan fingerprint density at radius 2 is 2.27 bits per heavy atom. The minimum absolute atomic E-state index is 0.00497. The van der Waals surface area contributed by atoms with Crippen molar-refractivity contribution in [2.75, 3.05) is 13.1 Å². The van der Waals surface area contributed by atoms with Gasteiger partial charge in [0.15, 0.2) is 0 Å². The molecule has 2 amide bonds. The number of likely N-dealkylation sites (tertiary alicyclic amines) is 1. The Kier molecular flexibility index (Phi) is 4.56. The molecule has 2 atom stereocenters. The average Bonchev–Trinajstić information content (AvgIpc) is 2.88. The zero-order chi connectivity index (χ0) is 15.4. The lowest BCUT2D eigenvalue weighted by Gasteiger charge is -2.23. The van der Waals surface area contributed by atoms with Gasteiger partial charge >= 0.3 is 0 Å². The number of hydrogen-bond acceptors (Lipinski definition) is 4. The van der Waals surface area contributed by atoms with E-state index in [2.05, 4.69) is 10.3 Å². The topological polar surface area (TPSA) is 71.5 Å². The Balaban J connectivity index is 1.55. The van der Waals surface area contributed by atoms with Crippen molar-refractivity contribution in [2.24, 2.45) is 0 Å². The van der Waals surface area contributed by atoms with E-state index in [9.17, 15) is 9.59 Å². The molecule has 1 aromatic heterocycles. The summed E-state index contributed by atoms with van der Waals surface area (Å²) in [6.07, 6.45) is 7.21. The average molecular weight is 303 g/mol. The van der Waals surface area contributed by atoms with E-state index in [1.165, 1.54) is 0 Å². The molecule has 1 N–H and O–H groups in total. The van der Waals surface area contributed by atoms with Crippen LogP contribution >= 0.6 is 0 Å². The Hall–Kier alpha value is -2.11. The second-order valence-corrected chi connectivity index (χ2v) is 5.87. The van der Waals surface area contributed by atoms with Crippen LogP contribution in [0.3, 0.4) is 0 Å². The zero-order valence-electron chi connectivity index (χ0n) is 12.5. The first-order chi connectivity index (χ1) is 10.7. The van der Waals surface area contributed by atoms with Crippen molar-refractivity contribution < 1.29 is 14.3 Å². The van der Waals surface area contributed by atoms with Crippen LogP contribution in [0.25, 0.3) is 0 Å². The summed E-state index contributed by atoms with van der Waals surface area (Å²) in [4.78, 5) is 30.0. The van der Waals surface area contributed by atoms with Crippen molar-refractivity contribution >= 4 is 11.8 Å². The number of carbonyl (C=O) groups excluding carboxylic acids is 2. The van der Waals surface area contributed by atoms with Crippen molar-refractivity contribution in [3.05, 3.63) is 24.5 Å². The van der Waals surface area contributed by atoms with Gasteiger partial charge < -0.3 is 15.0 Å². The van der Waals surface area contributed by atoms with Gasteiger partial charge in [0.25, 0.3) is 0 Å². The van der Waals surface area contributed by atoms with E-state index >= 15 is 0 Å².